The van der Waals surface area contributed by atoms with Crippen molar-refractivity contribution in [2.45, 2.75) is 31.1 Å². The number of nitrogens with zero attached hydrogens (tertiary/aromatic N) is 1. The predicted molar refractivity (Wildman–Crippen MR) is 52.8 cm³/mol. The predicted octanol–water partition coefficient (Wildman–Crippen LogP) is 2.85. The van der Waals surface area contributed by atoms with E-state index in [1.165, 1.54) is 28.3 Å². The van der Waals surface area contributed by atoms with Gasteiger partial charge in [0.25, 0.3) is 0 Å². The van der Waals surface area contributed by atoms with Crippen molar-refractivity contribution >= 4 is 11.8 Å². The van der Waals surface area contributed by atoms with Gasteiger partial charge in [0.1, 0.15) is 0 Å². The first kappa shape index (κ1) is 8.11. The van der Waals surface area contributed by atoms with Crippen LogP contribution in [0.4, 0.5) is 0 Å². The molecule has 0 saturated carbocycles. The maximum atomic E-state index is 4.43. The first-order valence-electron chi connectivity index (χ1n) is 4.39. The van der Waals surface area contributed by atoms with Gasteiger partial charge in [-0.1, -0.05) is 13.8 Å². The summed E-state index contributed by atoms with van der Waals surface area (Å²) in [5.74, 6) is 1.79. The third-order valence-electron chi connectivity index (χ3n) is 2.19. The maximum Gasteiger partial charge on any atom is 0.0432 e. The molecule has 1 aromatic rings. The van der Waals surface area contributed by atoms with Crippen LogP contribution in [-0.4, -0.2) is 10.7 Å². The molecular formula is C10H13NS. The molecule has 1 aromatic heterocycles. The van der Waals surface area contributed by atoms with E-state index >= 15 is 0 Å². The zero-order chi connectivity index (χ0) is 8.55. The van der Waals surface area contributed by atoms with Gasteiger partial charge in [-0.15, -0.1) is 11.8 Å². The molecule has 0 unspecified atom stereocenters. The summed E-state index contributed by atoms with van der Waals surface area (Å²) >= 11 is 1.93. The SMILES string of the molecule is CC(C)c1cc2c(cn1)SCC2. The molecule has 0 spiro atoms. The molecule has 0 bridgehead atoms. The number of rotatable bonds is 1. The van der Waals surface area contributed by atoms with Crippen molar-refractivity contribution in [3.8, 4) is 0 Å². The summed E-state index contributed by atoms with van der Waals surface area (Å²) in [5, 5.41) is 0. The molecule has 0 atom stereocenters. The molecule has 64 valence electrons. The molecule has 2 rings (SSSR count). The van der Waals surface area contributed by atoms with Gasteiger partial charge in [0.2, 0.25) is 0 Å². The summed E-state index contributed by atoms with van der Waals surface area (Å²) in [4.78, 5) is 5.82. The Labute approximate surface area is 77.6 Å². The highest BCUT2D eigenvalue weighted by Crippen LogP contribution is 2.31. The molecule has 0 aliphatic carbocycles. The van der Waals surface area contributed by atoms with Gasteiger partial charge in [0.05, 0.1) is 0 Å². The number of hydrogen-bond acceptors (Lipinski definition) is 2. The smallest absolute Gasteiger partial charge is 0.0432 e. The van der Waals surface area contributed by atoms with E-state index in [0.717, 1.165) is 0 Å². The molecule has 12 heavy (non-hydrogen) atoms. The molecule has 0 saturated heterocycles. The van der Waals surface area contributed by atoms with E-state index in [0.29, 0.717) is 5.92 Å². The third-order valence-corrected chi connectivity index (χ3v) is 3.28. The van der Waals surface area contributed by atoms with Crippen LogP contribution >= 0.6 is 11.8 Å². The van der Waals surface area contributed by atoms with Crippen LogP contribution in [0.5, 0.6) is 0 Å². The average Bonchev–Trinajstić information content (AvgIpc) is 2.49. The summed E-state index contributed by atoms with van der Waals surface area (Å²) < 4.78 is 0. The number of pyridine rings is 1. The molecule has 2 heterocycles. The summed E-state index contributed by atoms with van der Waals surface area (Å²) in [5.41, 5.74) is 2.73. The van der Waals surface area contributed by atoms with E-state index in [-0.39, 0.29) is 0 Å². The summed E-state index contributed by atoms with van der Waals surface area (Å²) in [6.45, 7) is 4.38. The van der Waals surface area contributed by atoms with Crippen LogP contribution in [-0.2, 0) is 6.42 Å². The summed E-state index contributed by atoms with van der Waals surface area (Å²) in [7, 11) is 0. The van der Waals surface area contributed by atoms with Crippen LogP contribution in [0.25, 0.3) is 0 Å². The normalized spacial score (nSPS) is 15.2. The van der Waals surface area contributed by atoms with E-state index in [1.54, 1.807) is 0 Å². The van der Waals surface area contributed by atoms with Gasteiger partial charge >= 0.3 is 0 Å². The second-order valence-electron chi connectivity index (χ2n) is 3.47. The van der Waals surface area contributed by atoms with Crippen molar-refractivity contribution in [2.24, 2.45) is 0 Å². The van der Waals surface area contributed by atoms with Crippen LogP contribution in [0.3, 0.4) is 0 Å². The number of aryl methyl sites for hydroxylation is 1. The first-order chi connectivity index (χ1) is 5.77. The van der Waals surface area contributed by atoms with Crippen LogP contribution in [0.1, 0.15) is 31.0 Å². The Morgan fingerprint density at radius 2 is 2.33 bits per heavy atom. The first-order valence-corrected chi connectivity index (χ1v) is 5.37. The topological polar surface area (TPSA) is 12.9 Å². The lowest BCUT2D eigenvalue weighted by molar-refractivity contribution is 0.812. The second kappa shape index (κ2) is 3.09. The van der Waals surface area contributed by atoms with Crippen molar-refractivity contribution < 1.29 is 0 Å². The minimum absolute atomic E-state index is 0.556. The molecule has 1 nitrogen and oxygen atoms in total. The van der Waals surface area contributed by atoms with Gasteiger partial charge in [-0.3, -0.25) is 4.98 Å². The minimum Gasteiger partial charge on any atom is -0.260 e. The molecule has 2 heteroatoms. The van der Waals surface area contributed by atoms with Gasteiger partial charge in [-0.25, -0.2) is 0 Å². The fraction of sp³-hybridized carbons (Fsp3) is 0.500. The Hall–Kier alpha value is -0.500. The van der Waals surface area contributed by atoms with Gasteiger partial charge < -0.3 is 0 Å². The van der Waals surface area contributed by atoms with Crippen molar-refractivity contribution in [2.75, 3.05) is 5.75 Å². The van der Waals surface area contributed by atoms with Gasteiger partial charge in [-0.05, 0) is 24.0 Å². The Bertz CT molecular complexity index is 294. The highest BCUT2D eigenvalue weighted by Gasteiger charge is 2.13. The zero-order valence-electron chi connectivity index (χ0n) is 7.50. The quantitative estimate of drug-likeness (QED) is 0.657. The summed E-state index contributed by atoms with van der Waals surface area (Å²) in [6, 6.07) is 2.26. The van der Waals surface area contributed by atoms with Crippen LogP contribution in [0, 0.1) is 0 Å². The van der Waals surface area contributed by atoms with Crippen molar-refractivity contribution in [1.82, 2.24) is 4.98 Å². The Morgan fingerprint density at radius 3 is 3.08 bits per heavy atom. The molecule has 0 radical (unpaired) electrons. The lowest BCUT2D eigenvalue weighted by Crippen LogP contribution is -1.93. The van der Waals surface area contributed by atoms with Crippen molar-refractivity contribution in [3.05, 3.63) is 23.5 Å². The fourth-order valence-corrected chi connectivity index (χ4v) is 2.43. The molecule has 0 fully saturated rings. The summed E-state index contributed by atoms with van der Waals surface area (Å²) in [6.07, 6.45) is 3.25. The number of fused-ring (bicyclic) bond motifs is 1. The molecule has 0 amide bonds. The maximum absolute atomic E-state index is 4.43. The van der Waals surface area contributed by atoms with E-state index in [2.05, 4.69) is 24.9 Å². The van der Waals surface area contributed by atoms with Crippen LogP contribution < -0.4 is 0 Å². The van der Waals surface area contributed by atoms with E-state index < -0.39 is 0 Å². The van der Waals surface area contributed by atoms with E-state index in [4.69, 9.17) is 0 Å². The van der Waals surface area contributed by atoms with Crippen LogP contribution in [0.2, 0.25) is 0 Å². The highest BCUT2D eigenvalue weighted by molar-refractivity contribution is 7.99. The van der Waals surface area contributed by atoms with Gasteiger partial charge in [0.15, 0.2) is 0 Å². The molecular weight excluding hydrogens is 166 g/mol. The fourth-order valence-electron chi connectivity index (χ4n) is 1.41. The average molecular weight is 179 g/mol. The van der Waals surface area contributed by atoms with E-state index in [9.17, 15) is 0 Å². The Morgan fingerprint density at radius 1 is 1.50 bits per heavy atom. The number of hydrogen-bond donors (Lipinski definition) is 0. The van der Waals surface area contributed by atoms with Crippen LogP contribution in [0.15, 0.2) is 17.2 Å². The molecule has 0 N–H and O–H groups in total. The van der Waals surface area contributed by atoms with Crippen molar-refractivity contribution in [1.29, 1.82) is 0 Å². The highest BCUT2D eigenvalue weighted by atomic mass is 32.2. The van der Waals surface area contributed by atoms with Crippen molar-refractivity contribution in [3.63, 3.8) is 0 Å². The lowest BCUT2D eigenvalue weighted by Gasteiger charge is -2.05. The van der Waals surface area contributed by atoms with E-state index in [1.807, 2.05) is 18.0 Å². The molecule has 1 aliphatic heterocycles. The van der Waals surface area contributed by atoms with Gasteiger partial charge in [-0.2, -0.15) is 0 Å². The standard InChI is InChI=1S/C10H13NS/c1-7(2)9-5-8-3-4-12-10(8)6-11-9/h5-7H,3-4H2,1-2H3. The Balaban J connectivity index is 2.39. The monoisotopic (exact) mass is 179 g/mol. The lowest BCUT2D eigenvalue weighted by atomic mass is 10.1. The zero-order valence-corrected chi connectivity index (χ0v) is 8.32. The second-order valence-corrected chi connectivity index (χ2v) is 4.61. The minimum atomic E-state index is 0.556. The molecule has 0 aromatic carbocycles. The number of thioether (sulfide) groups is 1. The largest absolute Gasteiger partial charge is 0.260 e. The van der Waals surface area contributed by atoms with Gasteiger partial charge in [0, 0.05) is 22.5 Å². The number of aromatic nitrogens is 1. The Kier molecular flexibility index (Phi) is 2.09. The third kappa shape index (κ3) is 1.36. The molecule has 1 aliphatic rings.